The monoisotopic (exact) mass is 217 g/mol. The molecule has 1 atom stereocenters. The number of benzene rings is 1. The highest BCUT2D eigenvalue weighted by molar-refractivity contribution is 5.49. The maximum Gasteiger partial charge on any atom is 0.0594 e. The zero-order valence-corrected chi connectivity index (χ0v) is 9.80. The molecule has 1 aromatic rings. The van der Waals surface area contributed by atoms with Crippen LogP contribution in [0.4, 0.5) is 0 Å². The summed E-state index contributed by atoms with van der Waals surface area (Å²) in [7, 11) is 0. The van der Waals surface area contributed by atoms with Crippen molar-refractivity contribution in [1.29, 1.82) is 0 Å². The summed E-state index contributed by atoms with van der Waals surface area (Å²) < 4.78 is 5.35. The van der Waals surface area contributed by atoms with Crippen molar-refractivity contribution in [3.63, 3.8) is 0 Å². The Hall–Kier alpha value is -1.12. The van der Waals surface area contributed by atoms with E-state index < -0.39 is 0 Å². The molecule has 0 radical (unpaired) electrons. The first-order chi connectivity index (χ1) is 7.86. The number of hydrogen-bond acceptors (Lipinski definition) is 2. The Kier molecular flexibility index (Phi) is 4.14. The van der Waals surface area contributed by atoms with Crippen molar-refractivity contribution >= 4 is 6.08 Å². The summed E-state index contributed by atoms with van der Waals surface area (Å²) in [4.78, 5) is 2.45. The van der Waals surface area contributed by atoms with Crippen molar-refractivity contribution in [3.05, 3.63) is 42.0 Å². The van der Waals surface area contributed by atoms with Gasteiger partial charge in [0.05, 0.1) is 13.2 Å². The molecule has 1 aromatic carbocycles. The molecule has 1 aliphatic rings. The van der Waals surface area contributed by atoms with E-state index in [1.165, 1.54) is 5.56 Å². The van der Waals surface area contributed by atoms with E-state index in [0.717, 1.165) is 26.3 Å². The Morgan fingerprint density at radius 3 is 2.56 bits per heavy atom. The van der Waals surface area contributed by atoms with Gasteiger partial charge in [-0.15, -0.1) is 0 Å². The number of nitrogens with zero attached hydrogens (tertiary/aromatic N) is 1. The van der Waals surface area contributed by atoms with Crippen LogP contribution in [-0.2, 0) is 4.74 Å². The van der Waals surface area contributed by atoms with Crippen LogP contribution in [0.3, 0.4) is 0 Å². The van der Waals surface area contributed by atoms with Gasteiger partial charge in [0.15, 0.2) is 0 Å². The van der Waals surface area contributed by atoms with Crippen LogP contribution in [0.1, 0.15) is 12.5 Å². The molecule has 86 valence electrons. The summed E-state index contributed by atoms with van der Waals surface area (Å²) in [6.45, 7) is 6.05. The predicted octanol–water partition coefficient (Wildman–Crippen LogP) is 2.42. The van der Waals surface area contributed by atoms with Crippen LogP contribution in [-0.4, -0.2) is 37.2 Å². The van der Waals surface area contributed by atoms with E-state index in [2.05, 4.69) is 48.2 Å². The fourth-order valence-electron chi connectivity index (χ4n) is 1.92. The summed E-state index contributed by atoms with van der Waals surface area (Å²) in [5.74, 6) is 0. The van der Waals surface area contributed by atoms with E-state index in [0.29, 0.717) is 6.04 Å². The van der Waals surface area contributed by atoms with Gasteiger partial charge in [0.1, 0.15) is 0 Å². The van der Waals surface area contributed by atoms with Crippen LogP contribution in [0, 0.1) is 0 Å². The molecule has 0 aromatic heterocycles. The van der Waals surface area contributed by atoms with Gasteiger partial charge < -0.3 is 4.74 Å². The summed E-state index contributed by atoms with van der Waals surface area (Å²) >= 11 is 0. The number of ether oxygens (including phenoxy) is 1. The van der Waals surface area contributed by atoms with E-state index in [1.54, 1.807) is 0 Å². The Bertz CT molecular complexity index is 328. The summed E-state index contributed by atoms with van der Waals surface area (Å²) in [5, 5.41) is 0. The molecule has 0 bridgehead atoms. The molecular formula is C14H19NO. The molecule has 0 saturated carbocycles. The van der Waals surface area contributed by atoms with Gasteiger partial charge in [-0.25, -0.2) is 0 Å². The first-order valence-corrected chi connectivity index (χ1v) is 5.91. The second-order valence-corrected chi connectivity index (χ2v) is 4.16. The van der Waals surface area contributed by atoms with Crippen molar-refractivity contribution in [2.24, 2.45) is 0 Å². The SMILES string of the molecule is CC(/C=C/c1ccccc1)N1CCOCC1. The van der Waals surface area contributed by atoms with Crippen LogP contribution >= 0.6 is 0 Å². The Morgan fingerprint density at radius 1 is 1.19 bits per heavy atom. The van der Waals surface area contributed by atoms with Gasteiger partial charge in [-0.2, -0.15) is 0 Å². The van der Waals surface area contributed by atoms with E-state index in [-0.39, 0.29) is 0 Å². The zero-order valence-electron chi connectivity index (χ0n) is 9.80. The summed E-state index contributed by atoms with van der Waals surface area (Å²) in [5.41, 5.74) is 1.27. The van der Waals surface area contributed by atoms with Crippen LogP contribution < -0.4 is 0 Å². The van der Waals surface area contributed by atoms with E-state index in [9.17, 15) is 0 Å². The average molecular weight is 217 g/mol. The van der Waals surface area contributed by atoms with E-state index in [4.69, 9.17) is 4.74 Å². The minimum absolute atomic E-state index is 0.490. The molecule has 0 spiro atoms. The predicted molar refractivity (Wildman–Crippen MR) is 67.3 cm³/mol. The van der Waals surface area contributed by atoms with E-state index in [1.807, 2.05) is 6.07 Å². The fourth-order valence-corrected chi connectivity index (χ4v) is 1.92. The van der Waals surface area contributed by atoms with Crippen LogP contribution in [0.5, 0.6) is 0 Å². The smallest absolute Gasteiger partial charge is 0.0594 e. The lowest BCUT2D eigenvalue weighted by molar-refractivity contribution is 0.0288. The molecule has 0 aliphatic carbocycles. The Balaban J connectivity index is 1.91. The van der Waals surface area contributed by atoms with Crippen molar-refractivity contribution in [2.45, 2.75) is 13.0 Å². The third-order valence-electron chi connectivity index (χ3n) is 2.99. The van der Waals surface area contributed by atoms with Crippen molar-refractivity contribution < 1.29 is 4.74 Å². The molecule has 16 heavy (non-hydrogen) atoms. The third kappa shape index (κ3) is 3.19. The Labute approximate surface area is 97.5 Å². The Morgan fingerprint density at radius 2 is 1.88 bits per heavy atom. The molecular weight excluding hydrogens is 198 g/mol. The van der Waals surface area contributed by atoms with Gasteiger partial charge in [0.25, 0.3) is 0 Å². The quantitative estimate of drug-likeness (QED) is 0.771. The van der Waals surface area contributed by atoms with Crippen molar-refractivity contribution in [3.8, 4) is 0 Å². The van der Waals surface area contributed by atoms with Gasteiger partial charge in [-0.05, 0) is 12.5 Å². The molecule has 2 rings (SSSR count). The molecule has 1 saturated heterocycles. The van der Waals surface area contributed by atoms with Crippen LogP contribution in [0.25, 0.3) is 6.08 Å². The zero-order chi connectivity index (χ0) is 11.2. The first-order valence-electron chi connectivity index (χ1n) is 5.91. The number of rotatable bonds is 3. The standard InChI is InChI=1S/C14H19NO/c1-13(15-9-11-16-12-10-15)7-8-14-5-3-2-4-6-14/h2-8,13H,9-12H2,1H3/b8-7+. The van der Waals surface area contributed by atoms with E-state index >= 15 is 0 Å². The summed E-state index contributed by atoms with van der Waals surface area (Å²) in [6.07, 6.45) is 4.46. The molecule has 1 aliphatic heterocycles. The molecule has 0 amide bonds. The largest absolute Gasteiger partial charge is 0.379 e. The minimum atomic E-state index is 0.490. The van der Waals surface area contributed by atoms with Crippen LogP contribution in [0.15, 0.2) is 36.4 Å². The normalized spacial score (nSPS) is 20.1. The second-order valence-electron chi connectivity index (χ2n) is 4.16. The van der Waals surface area contributed by atoms with Gasteiger partial charge in [-0.1, -0.05) is 42.5 Å². The lowest BCUT2D eigenvalue weighted by Crippen LogP contribution is -2.41. The highest BCUT2D eigenvalue weighted by Gasteiger charge is 2.14. The van der Waals surface area contributed by atoms with Gasteiger partial charge >= 0.3 is 0 Å². The second kappa shape index (κ2) is 5.83. The van der Waals surface area contributed by atoms with Gasteiger partial charge in [-0.3, -0.25) is 4.90 Å². The topological polar surface area (TPSA) is 12.5 Å². The highest BCUT2D eigenvalue weighted by atomic mass is 16.5. The molecule has 1 heterocycles. The number of hydrogen-bond donors (Lipinski definition) is 0. The molecule has 0 N–H and O–H groups in total. The fraction of sp³-hybridized carbons (Fsp3) is 0.429. The van der Waals surface area contributed by atoms with Crippen molar-refractivity contribution in [2.75, 3.05) is 26.3 Å². The minimum Gasteiger partial charge on any atom is -0.379 e. The first kappa shape index (κ1) is 11.4. The van der Waals surface area contributed by atoms with Gasteiger partial charge in [0, 0.05) is 19.1 Å². The molecule has 1 fully saturated rings. The average Bonchev–Trinajstić information content (AvgIpc) is 2.38. The van der Waals surface area contributed by atoms with Crippen molar-refractivity contribution in [1.82, 2.24) is 4.90 Å². The third-order valence-corrected chi connectivity index (χ3v) is 2.99. The number of morpholine rings is 1. The lowest BCUT2D eigenvalue weighted by Gasteiger charge is -2.30. The molecule has 2 heteroatoms. The maximum atomic E-state index is 5.35. The highest BCUT2D eigenvalue weighted by Crippen LogP contribution is 2.08. The van der Waals surface area contributed by atoms with Crippen LogP contribution in [0.2, 0.25) is 0 Å². The van der Waals surface area contributed by atoms with Gasteiger partial charge in [0.2, 0.25) is 0 Å². The lowest BCUT2D eigenvalue weighted by atomic mass is 10.1. The molecule has 1 unspecified atom stereocenters. The summed E-state index contributed by atoms with van der Waals surface area (Å²) in [6, 6.07) is 10.9. The molecule has 2 nitrogen and oxygen atoms in total. The maximum absolute atomic E-state index is 5.35.